The SMILES string of the molecule is N#C[C@H]1O[C@@H](c2ccc3c(N)ncnn23)[C@H](O)[C@@H]1O. The lowest BCUT2D eigenvalue weighted by Crippen LogP contribution is -2.29. The van der Waals surface area contributed by atoms with Crippen molar-refractivity contribution in [1.29, 1.82) is 5.26 Å². The molecule has 0 amide bonds. The number of hydrogen-bond donors (Lipinski definition) is 3. The molecule has 19 heavy (non-hydrogen) atoms. The quantitative estimate of drug-likeness (QED) is 0.600. The van der Waals surface area contributed by atoms with Gasteiger partial charge in [0.1, 0.15) is 30.2 Å². The normalized spacial score (nSPS) is 30.6. The predicted octanol–water partition coefficient (Wildman–Crippen LogP) is -1.00. The topological polar surface area (TPSA) is 130 Å². The Morgan fingerprint density at radius 1 is 1.37 bits per heavy atom. The van der Waals surface area contributed by atoms with E-state index >= 15 is 0 Å². The molecule has 0 aliphatic carbocycles. The number of ether oxygens (including phenoxy) is 1. The van der Waals surface area contributed by atoms with Crippen LogP contribution in [0.5, 0.6) is 0 Å². The van der Waals surface area contributed by atoms with Gasteiger partial charge in [-0.15, -0.1) is 0 Å². The average Bonchev–Trinajstić information content (AvgIpc) is 2.94. The third-order valence-electron chi connectivity index (χ3n) is 3.19. The highest BCUT2D eigenvalue weighted by atomic mass is 16.5. The first-order valence-electron chi connectivity index (χ1n) is 5.63. The largest absolute Gasteiger partial charge is 0.387 e. The number of nitriles is 1. The summed E-state index contributed by atoms with van der Waals surface area (Å²) in [7, 11) is 0. The molecule has 1 aliphatic rings. The molecule has 8 heteroatoms. The number of fused-ring (bicyclic) bond motifs is 1. The second kappa shape index (κ2) is 4.17. The van der Waals surface area contributed by atoms with E-state index in [1.54, 1.807) is 18.2 Å². The third kappa shape index (κ3) is 1.64. The molecule has 8 nitrogen and oxygen atoms in total. The van der Waals surface area contributed by atoms with Crippen molar-refractivity contribution in [3.63, 3.8) is 0 Å². The van der Waals surface area contributed by atoms with Gasteiger partial charge < -0.3 is 20.7 Å². The zero-order valence-electron chi connectivity index (χ0n) is 9.71. The first-order valence-corrected chi connectivity index (χ1v) is 5.63. The summed E-state index contributed by atoms with van der Waals surface area (Å²) in [5.74, 6) is 0.297. The standard InChI is InChI=1S/C11H11N5O3/c12-3-7-8(17)9(18)10(19-7)5-1-2-6-11(13)14-4-15-16(5)6/h1-2,4,7-10,17-18H,(H2,13,14,15)/t7-,8-,9-,10+/m1/s1. The predicted molar refractivity (Wildman–Crippen MR) is 62.6 cm³/mol. The van der Waals surface area contributed by atoms with Crippen molar-refractivity contribution in [3.8, 4) is 6.07 Å². The van der Waals surface area contributed by atoms with Gasteiger partial charge >= 0.3 is 0 Å². The van der Waals surface area contributed by atoms with Gasteiger partial charge in [-0.25, -0.2) is 9.50 Å². The number of nitrogens with two attached hydrogens (primary N) is 1. The van der Waals surface area contributed by atoms with Crippen molar-refractivity contribution in [2.75, 3.05) is 5.73 Å². The Kier molecular flexibility index (Phi) is 2.60. The van der Waals surface area contributed by atoms with Gasteiger partial charge in [0.05, 0.1) is 11.8 Å². The first-order chi connectivity index (χ1) is 9.13. The monoisotopic (exact) mass is 261 g/mol. The first kappa shape index (κ1) is 11.9. The second-order valence-electron chi connectivity index (χ2n) is 4.29. The van der Waals surface area contributed by atoms with Crippen LogP contribution >= 0.6 is 0 Å². The molecule has 3 heterocycles. The third-order valence-corrected chi connectivity index (χ3v) is 3.19. The van der Waals surface area contributed by atoms with Crippen molar-refractivity contribution in [2.24, 2.45) is 0 Å². The minimum atomic E-state index is -1.25. The maximum atomic E-state index is 9.95. The van der Waals surface area contributed by atoms with E-state index in [9.17, 15) is 10.2 Å². The van der Waals surface area contributed by atoms with Gasteiger partial charge in [-0.2, -0.15) is 10.4 Å². The maximum absolute atomic E-state index is 9.95. The van der Waals surface area contributed by atoms with Gasteiger partial charge in [0, 0.05) is 0 Å². The highest BCUT2D eigenvalue weighted by molar-refractivity contribution is 5.65. The molecule has 0 aromatic carbocycles. The van der Waals surface area contributed by atoms with Crippen LogP contribution in [0, 0.1) is 11.3 Å². The van der Waals surface area contributed by atoms with Crippen molar-refractivity contribution in [3.05, 3.63) is 24.2 Å². The summed E-state index contributed by atoms with van der Waals surface area (Å²) in [6.07, 6.45) is -3.06. The van der Waals surface area contributed by atoms with Crippen LogP contribution in [0.2, 0.25) is 0 Å². The van der Waals surface area contributed by atoms with E-state index in [1.807, 2.05) is 0 Å². The molecule has 2 aromatic heterocycles. The lowest BCUT2D eigenvalue weighted by atomic mass is 10.1. The Balaban J connectivity index is 2.07. The Morgan fingerprint density at radius 2 is 2.16 bits per heavy atom. The Morgan fingerprint density at radius 3 is 2.84 bits per heavy atom. The van der Waals surface area contributed by atoms with Gasteiger partial charge in [-0.3, -0.25) is 0 Å². The van der Waals surface area contributed by atoms with Crippen molar-refractivity contribution >= 4 is 11.3 Å². The van der Waals surface area contributed by atoms with Crippen LogP contribution in [0.15, 0.2) is 18.5 Å². The Bertz CT molecular complexity index is 664. The van der Waals surface area contributed by atoms with Gasteiger partial charge in [0.2, 0.25) is 0 Å². The lowest BCUT2D eigenvalue weighted by Gasteiger charge is -2.14. The van der Waals surface area contributed by atoms with Crippen LogP contribution in [0.4, 0.5) is 5.82 Å². The molecule has 0 saturated carbocycles. The summed E-state index contributed by atoms with van der Waals surface area (Å²) in [6.45, 7) is 0. The van der Waals surface area contributed by atoms with Crippen molar-refractivity contribution in [1.82, 2.24) is 14.6 Å². The van der Waals surface area contributed by atoms with Gasteiger partial charge in [-0.05, 0) is 12.1 Å². The van der Waals surface area contributed by atoms with Crippen molar-refractivity contribution < 1.29 is 14.9 Å². The summed E-state index contributed by atoms with van der Waals surface area (Å²) >= 11 is 0. The molecule has 4 atom stereocenters. The zero-order chi connectivity index (χ0) is 13.6. The minimum absolute atomic E-state index is 0.297. The second-order valence-corrected chi connectivity index (χ2v) is 4.29. The molecule has 0 bridgehead atoms. The van der Waals surface area contributed by atoms with Crippen LogP contribution < -0.4 is 5.73 Å². The summed E-state index contributed by atoms with van der Waals surface area (Å²) in [5.41, 5.74) is 6.79. The number of nitrogen functional groups attached to an aromatic ring is 1. The van der Waals surface area contributed by atoms with Crippen LogP contribution in [-0.4, -0.2) is 43.1 Å². The van der Waals surface area contributed by atoms with Crippen LogP contribution in [0.1, 0.15) is 11.8 Å². The molecule has 0 unspecified atom stereocenters. The average molecular weight is 261 g/mol. The molecule has 3 rings (SSSR count). The number of rotatable bonds is 1. The number of nitrogens with zero attached hydrogens (tertiary/aromatic N) is 4. The number of aromatic nitrogens is 3. The van der Waals surface area contributed by atoms with E-state index in [-0.39, 0.29) is 0 Å². The van der Waals surface area contributed by atoms with Gasteiger partial charge in [0.15, 0.2) is 11.9 Å². The molecule has 1 aliphatic heterocycles. The Labute approximate surface area is 107 Å². The smallest absolute Gasteiger partial charge is 0.173 e. The van der Waals surface area contributed by atoms with Crippen LogP contribution in [0.25, 0.3) is 5.52 Å². The molecule has 2 aromatic rings. The summed E-state index contributed by atoms with van der Waals surface area (Å²) in [4.78, 5) is 3.85. The molecule has 4 N–H and O–H groups in total. The van der Waals surface area contributed by atoms with E-state index in [2.05, 4.69) is 10.1 Å². The lowest BCUT2D eigenvalue weighted by molar-refractivity contribution is 0.0174. The number of aliphatic hydroxyl groups is 2. The minimum Gasteiger partial charge on any atom is -0.387 e. The van der Waals surface area contributed by atoms with E-state index in [1.165, 1.54) is 10.8 Å². The fourth-order valence-corrected chi connectivity index (χ4v) is 2.22. The fourth-order valence-electron chi connectivity index (χ4n) is 2.22. The van der Waals surface area contributed by atoms with Crippen molar-refractivity contribution in [2.45, 2.75) is 24.4 Å². The molecule has 98 valence electrons. The van der Waals surface area contributed by atoms with E-state index < -0.39 is 24.4 Å². The van der Waals surface area contributed by atoms with E-state index in [4.69, 9.17) is 15.7 Å². The van der Waals surface area contributed by atoms with Crippen LogP contribution in [0.3, 0.4) is 0 Å². The van der Waals surface area contributed by atoms with Gasteiger partial charge in [-0.1, -0.05) is 0 Å². The fraction of sp³-hybridized carbons (Fsp3) is 0.364. The summed E-state index contributed by atoms with van der Waals surface area (Å²) in [6, 6.07) is 5.15. The number of anilines is 1. The Hall–Kier alpha value is -2.21. The summed E-state index contributed by atoms with van der Waals surface area (Å²) < 4.78 is 6.82. The summed E-state index contributed by atoms with van der Waals surface area (Å²) in [5, 5.41) is 32.5. The van der Waals surface area contributed by atoms with Gasteiger partial charge in [0.25, 0.3) is 0 Å². The van der Waals surface area contributed by atoms with E-state index in [0.29, 0.717) is 17.0 Å². The molecular formula is C11H11N5O3. The molecular weight excluding hydrogens is 250 g/mol. The highest BCUT2D eigenvalue weighted by Gasteiger charge is 2.44. The van der Waals surface area contributed by atoms with Crippen LogP contribution in [-0.2, 0) is 4.74 Å². The highest BCUT2D eigenvalue weighted by Crippen LogP contribution is 2.34. The molecule has 0 spiro atoms. The maximum Gasteiger partial charge on any atom is 0.173 e. The number of aliphatic hydroxyl groups excluding tert-OH is 2. The molecule has 1 fully saturated rings. The zero-order valence-corrected chi connectivity index (χ0v) is 9.71. The number of hydrogen-bond acceptors (Lipinski definition) is 7. The van der Waals surface area contributed by atoms with E-state index in [0.717, 1.165) is 0 Å². The molecule has 0 radical (unpaired) electrons. The molecule has 1 saturated heterocycles.